The number of hydrogen-bond acceptors (Lipinski definition) is 1. The molecule has 0 spiro atoms. The van der Waals surface area contributed by atoms with Gasteiger partial charge in [-0.15, -0.1) is 22.9 Å². The van der Waals surface area contributed by atoms with Gasteiger partial charge in [0, 0.05) is 9.75 Å². The molecule has 0 amide bonds. The summed E-state index contributed by atoms with van der Waals surface area (Å²) in [7, 11) is 0. The molecule has 1 rings (SSSR count). The molecule has 0 radical (unpaired) electrons. The van der Waals surface area contributed by atoms with Gasteiger partial charge >= 0.3 is 0 Å². The molecule has 0 aliphatic rings. The van der Waals surface area contributed by atoms with Crippen LogP contribution in [0.2, 0.25) is 0 Å². The fourth-order valence-corrected chi connectivity index (χ4v) is 2.87. The maximum Gasteiger partial charge on any atom is 0.0729 e. The Morgan fingerprint density at radius 2 is 1.85 bits per heavy atom. The van der Waals surface area contributed by atoms with Crippen molar-refractivity contribution in [2.45, 2.75) is 40.0 Å². The van der Waals surface area contributed by atoms with Crippen molar-refractivity contribution in [2.75, 3.05) is 0 Å². The van der Waals surface area contributed by atoms with E-state index in [1.165, 1.54) is 15.3 Å². The number of rotatable bonds is 1. The lowest BCUT2D eigenvalue weighted by Crippen LogP contribution is -2.12. The van der Waals surface area contributed by atoms with Crippen molar-refractivity contribution in [3.05, 3.63) is 21.4 Å². The number of hydrogen-bond donors (Lipinski definition) is 0. The van der Waals surface area contributed by atoms with E-state index in [0.717, 1.165) is 0 Å². The van der Waals surface area contributed by atoms with E-state index in [0.29, 0.717) is 0 Å². The normalized spacial score (nSPS) is 14.6. The highest BCUT2D eigenvalue weighted by Gasteiger charge is 2.26. The zero-order valence-corrected chi connectivity index (χ0v) is 10.5. The highest BCUT2D eigenvalue weighted by molar-refractivity contribution is 7.12. The highest BCUT2D eigenvalue weighted by Crippen LogP contribution is 2.42. The predicted octanol–water partition coefficient (Wildman–Crippen LogP) is 4.69. The van der Waals surface area contributed by atoms with Crippen LogP contribution in [0, 0.1) is 19.3 Å². The van der Waals surface area contributed by atoms with Gasteiger partial charge in [-0.2, -0.15) is 0 Å². The number of halogens is 1. The summed E-state index contributed by atoms with van der Waals surface area (Å²) in [6.45, 7) is 10.8. The molecule has 0 aliphatic heterocycles. The zero-order valence-electron chi connectivity index (χ0n) is 8.94. The lowest BCUT2D eigenvalue weighted by Gasteiger charge is -2.24. The number of alkyl halides is 1. The highest BCUT2D eigenvalue weighted by atomic mass is 35.5. The lowest BCUT2D eigenvalue weighted by molar-refractivity contribution is 0.398. The summed E-state index contributed by atoms with van der Waals surface area (Å²) >= 11 is 8.23. The van der Waals surface area contributed by atoms with Gasteiger partial charge in [-0.3, -0.25) is 0 Å². The molecule has 0 N–H and O–H groups in total. The number of aryl methyl sites for hydroxylation is 2. The molecule has 1 aromatic rings. The quantitative estimate of drug-likeness (QED) is 0.598. The fourth-order valence-electron chi connectivity index (χ4n) is 1.30. The van der Waals surface area contributed by atoms with Gasteiger partial charge < -0.3 is 0 Å². The third-order valence-corrected chi connectivity index (χ3v) is 4.29. The summed E-state index contributed by atoms with van der Waals surface area (Å²) in [5.41, 5.74) is 1.47. The largest absolute Gasteiger partial charge is 0.144 e. The summed E-state index contributed by atoms with van der Waals surface area (Å²) < 4.78 is 0. The van der Waals surface area contributed by atoms with Crippen molar-refractivity contribution in [1.82, 2.24) is 0 Å². The second-order valence-electron chi connectivity index (χ2n) is 4.63. The fraction of sp³-hybridized carbons (Fsp3) is 0.636. The van der Waals surface area contributed by atoms with E-state index >= 15 is 0 Å². The van der Waals surface area contributed by atoms with Crippen molar-refractivity contribution in [1.29, 1.82) is 0 Å². The minimum absolute atomic E-state index is 0.131. The molecule has 74 valence electrons. The van der Waals surface area contributed by atoms with Gasteiger partial charge in [-0.05, 0) is 30.9 Å². The molecule has 2 heteroatoms. The van der Waals surface area contributed by atoms with E-state index < -0.39 is 0 Å². The van der Waals surface area contributed by atoms with Crippen LogP contribution in [0.5, 0.6) is 0 Å². The molecular weight excluding hydrogens is 200 g/mol. The molecule has 0 aliphatic carbocycles. The topological polar surface area (TPSA) is 0 Å². The van der Waals surface area contributed by atoms with Crippen LogP contribution in [0.1, 0.15) is 41.5 Å². The third-order valence-electron chi connectivity index (χ3n) is 2.07. The summed E-state index contributed by atoms with van der Waals surface area (Å²) in [5, 5.41) is 0.131. The van der Waals surface area contributed by atoms with Crippen molar-refractivity contribution in [3.63, 3.8) is 0 Å². The third kappa shape index (κ3) is 2.47. The van der Waals surface area contributed by atoms with E-state index in [2.05, 4.69) is 40.7 Å². The molecule has 0 bridgehead atoms. The van der Waals surface area contributed by atoms with Gasteiger partial charge in [0.15, 0.2) is 0 Å². The van der Waals surface area contributed by atoms with Crippen LogP contribution in [0.25, 0.3) is 0 Å². The van der Waals surface area contributed by atoms with E-state index in [-0.39, 0.29) is 10.8 Å². The Kier molecular flexibility index (Phi) is 3.09. The Morgan fingerprint density at radius 3 is 2.15 bits per heavy atom. The monoisotopic (exact) mass is 216 g/mol. The average Bonchev–Trinajstić information content (AvgIpc) is 2.26. The Labute approximate surface area is 89.9 Å². The zero-order chi connectivity index (χ0) is 10.2. The van der Waals surface area contributed by atoms with Crippen molar-refractivity contribution in [3.8, 4) is 0 Å². The molecule has 1 atom stereocenters. The van der Waals surface area contributed by atoms with Crippen LogP contribution >= 0.6 is 22.9 Å². The van der Waals surface area contributed by atoms with Crippen LogP contribution in [-0.4, -0.2) is 0 Å². The Morgan fingerprint density at radius 1 is 1.31 bits per heavy atom. The van der Waals surface area contributed by atoms with Crippen LogP contribution in [0.15, 0.2) is 6.07 Å². The molecule has 13 heavy (non-hydrogen) atoms. The van der Waals surface area contributed by atoms with Gasteiger partial charge in [-0.25, -0.2) is 0 Å². The summed E-state index contributed by atoms with van der Waals surface area (Å²) in [6.07, 6.45) is 0. The molecular formula is C11H17ClS. The molecule has 0 nitrogen and oxygen atoms in total. The van der Waals surface area contributed by atoms with Crippen LogP contribution in [0.3, 0.4) is 0 Å². The first-order valence-electron chi connectivity index (χ1n) is 4.53. The Bertz CT molecular complexity index is 294. The molecule has 0 aromatic carbocycles. The van der Waals surface area contributed by atoms with Crippen LogP contribution < -0.4 is 0 Å². The van der Waals surface area contributed by atoms with Crippen LogP contribution in [0.4, 0.5) is 0 Å². The van der Waals surface area contributed by atoms with Crippen molar-refractivity contribution in [2.24, 2.45) is 5.41 Å². The molecule has 0 saturated carbocycles. The van der Waals surface area contributed by atoms with Gasteiger partial charge in [0.25, 0.3) is 0 Å². The smallest absolute Gasteiger partial charge is 0.0729 e. The second-order valence-corrected chi connectivity index (χ2v) is 6.36. The van der Waals surface area contributed by atoms with E-state index in [9.17, 15) is 0 Å². The van der Waals surface area contributed by atoms with Crippen molar-refractivity contribution >= 4 is 22.9 Å². The van der Waals surface area contributed by atoms with Gasteiger partial charge in [-0.1, -0.05) is 20.8 Å². The van der Waals surface area contributed by atoms with Gasteiger partial charge in [0.2, 0.25) is 0 Å². The second kappa shape index (κ2) is 3.62. The van der Waals surface area contributed by atoms with E-state index in [4.69, 9.17) is 11.6 Å². The first-order valence-corrected chi connectivity index (χ1v) is 5.78. The maximum atomic E-state index is 6.41. The standard InChI is InChI=1S/C11H17ClS/c1-7-6-8(2)13-9(7)10(12)11(3,4)5/h6,10H,1-5H3. The first kappa shape index (κ1) is 11.1. The minimum atomic E-state index is 0.131. The molecule has 1 aromatic heterocycles. The van der Waals surface area contributed by atoms with Gasteiger partial charge in [0.05, 0.1) is 5.38 Å². The van der Waals surface area contributed by atoms with Crippen molar-refractivity contribution < 1.29 is 0 Å². The Hall–Kier alpha value is -0.0100. The summed E-state index contributed by atoms with van der Waals surface area (Å²) in [5.74, 6) is 0. The van der Waals surface area contributed by atoms with Gasteiger partial charge in [0.1, 0.15) is 0 Å². The molecule has 1 unspecified atom stereocenters. The first-order chi connectivity index (χ1) is 5.82. The summed E-state index contributed by atoms with van der Waals surface area (Å²) in [6, 6.07) is 2.21. The lowest BCUT2D eigenvalue weighted by atomic mass is 9.90. The maximum absolute atomic E-state index is 6.41. The summed E-state index contributed by atoms with van der Waals surface area (Å²) in [4.78, 5) is 2.68. The minimum Gasteiger partial charge on any atom is -0.144 e. The molecule has 1 heterocycles. The molecule has 0 fully saturated rings. The predicted molar refractivity (Wildman–Crippen MR) is 61.8 cm³/mol. The van der Waals surface area contributed by atoms with E-state index in [1.807, 2.05) is 11.3 Å². The Balaban J connectivity index is 3.01. The van der Waals surface area contributed by atoms with E-state index in [1.54, 1.807) is 0 Å². The SMILES string of the molecule is Cc1cc(C)c(C(Cl)C(C)(C)C)s1. The van der Waals surface area contributed by atoms with Crippen LogP contribution in [-0.2, 0) is 0 Å². The molecule has 0 saturated heterocycles. The average molecular weight is 217 g/mol. The number of thiophene rings is 1.